The minimum atomic E-state index is -4.12. The van der Waals surface area contributed by atoms with Crippen LogP contribution in [0.1, 0.15) is 0 Å². The zero-order valence-electron chi connectivity index (χ0n) is 8.88. The number of halogens is 1. The van der Waals surface area contributed by atoms with Crippen molar-refractivity contribution in [2.75, 3.05) is 12.4 Å². The van der Waals surface area contributed by atoms with Gasteiger partial charge in [-0.25, -0.2) is 17.5 Å². The molecule has 0 unspecified atom stereocenters. The number of hydrogen-bond acceptors (Lipinski definition) is 5. The minimum Gasteiger partial charge on any atom is -0.300 e. The summed E-state index contributed by atoms with van der Waals surface area (Å²) in [5, 5.41) is 12.9. The van der Waals surface area contributed by atoms with Crippen LogP contribution in [-0.4, -0.2) is 30.7 Å². The van der Waals surface area contributed by atoms with Gasteiger partial charge < -0.3 is 0 Å². The SMILES string of the molecule is CN1C(=O)Nc2c([N+](=O)[O-])cc(Cl)cc2S1(=O)=O. The summed E-state index contributed by atoms with van der Waals surface area (Å²) in [5.41, 5.74) is -0.935. The van der Waals surface area contributed by atoms with Crippen molar-refractivity contribution in [2.24, 2.45) is 0 Å². The Hall–Kier alpha value is -1.87. The molecular formula is C8H6ClN3O5S. The Morgan fingerprint density at radius 2 is 2.06 bits per heavy atom. The number of carbonyl (C=O) groups excluding carboxylic acids is 1. The molecule has 1 heterocycles. The van der Waals surface area contributed by atoms with Crippen LogP contribution in [0.3, 0.4) is 0 Å². The molecule has 8 nitrogen and oxygen atoms in total. The predicted octanol–water partition coefficient (Wildman–Crippen LogP) is 1.41. The van der Waals surface area contributed by atoms with Crippen LogP contribution in [0.5, 0.6) is 0 Å². The third-order valence-electron chi connectivity index (χ3n) is 2.40. The van der Waals surface area contributed by atoms with Crippen LogP contribution in [0.4, 0.5) is 16.2 Å². The van der Waals surface area contributed by atoms with E-state index >= 15 is 0 Å². The molecule has 1 aromatic rings. The van der Waals surface area contributed by atoms with Gasteiger partial charge >= 0.3 is 6.03 Å². The Kier molecular flexibility index (Phi) is 2.67. The summed E-state index contributed by atoms with van der Waals surface area (Å²) in [4.78, 5) is 21.0. The van der Waals surface area contributed by atoms with Gasteiger partial charge in [-0.05, 0) is 6.07 Å². The Morgan fingerprint density at radius 3 is 2.61 bits per heavy atom. The molecule has 2 amide bonds. The summed E-state index contributed by atoms with van der Waals surface area (Å²) in [6, 6.07) is 1.06. The second-order valence-electron chi connectivity index (χ2n) is 3.46. The maximum atomic E-state index is 11.9. The minimum absolute atomic E-state index is 0.103. The van der Waals surface area contributed by atoms with Crippen molar-refractivity contribution in [3.8, 4) is 0 Å². The molecule has 0 spiro atoms. The number of anilines is 1. The molecule has 0 radical (unpaired) electrons. The summed E-state index contributed by atoms with van der Waals surface area (Å²) in [6.45, 7) is 0. The van der Waals surface area contributed by atoms with E-state index in [0.29, 0.717) is 4.31 Å². The average Bonchev–Trinajstić information content (AvgIpc) is 2.27. The van der Waals surface area contributed by atoms with Crippen LogP contribution >= 0.6 is 11.6 Å². The number of nitrogens with zero attached hydrogens (tertiary/aromatic N) is 2. The standard InChI is InChI=1S/C8H6ClN3O5S/c1-11-8(13)10-7-5(12(14)15)2-4(9)3-6(7)18(11,16)17/h2-3H,1H3,(H,10,13). The quantitative estimate of drug-likeness (QED) is 0.621. The fraction of sp³-hybridized carbons (Fsp3) is 0.125. The first-order valence-corrected chi connectivity index (χ1v) is 6.35. The van der Waals surface area contributed by atoms with E-state index < -0.39 is 31.6 Å². The van der Waals surface area contributed by atoms with Gasteiger partial charge in [0.1, 0.15) is 10.6 Å². The van der Waals surface area contributed by atoms with Crippen molar-refractivity contribution in [1.29, 1.82) is 0 Å². The molecule has 10 heteroatoms. The molecule has 96 valence electrons. The number of urea groups is 1. The van der Waals surface area contributed by atoms with Gasteiger partial charge in [-0.1, -0.05) is 11.6 Å². The monoisotopic (exact) mass is 291 g/mol. The highest BCUT2D eigenvalue weighted by atomic mass is 35.5. The van der Waals surface area contributed by atoms with Crippen molar-refractivity contribution in [1.82, 2.24) is 4.31 Å². The van der Waals surface area contributed by atoms with E-state index in [1.54, 1.807) is 0 Å². The lowest BCUT2D eigenvalue weighted by Gasteiger charge is -2.25. The lowest BCUT2D eigenvalue weighted by molar-refractivity contribution is -0.384. The van der Waals surface area contributed by atoms with E-state index in [-0.39, 0.29) is 10.7 Å². The van der Waals surface area contributed by atoms with Crippen molar-refractivity contribution in [3.63, 3.8) is 0 Å². The number of sulfonamides is 1. The van der Waals surface area contributed by atoms with Crippen LogP contribution in [0.15, 0.2) is 17.0 Å². The summed E-state index contributed by atoms with van der Waals surface area (Å²) >= 11 is 5.64. The fourth-order valence-electron chi connectivity index (χ4n) is 1.48. The first-order valence-electron chi connectivity index (χ1n) is 4.53. The maximum absolute atomic E-state index is 11.9. The lowest BCUT2D eigenvalue weighted by Crippen LogP contribution is -2.41. The van der Waals surface area contributed by atoms with E-state index in [2.05, 4.69) is 5.32 Å². The van der Waals surface area contributed by atoms with Crippen LogP contribution < -0.4 is 5.32 Å². The zero-order valence-corrected chi connectivity index (χ0v) is 10.4. The molecule has 1 N–H and O–H groups in total. The van der Waals surface area contributed by atoms with Crippen LogP contribution in [-0.2, 0) is 10.0 Å². The van der Waals surface area contributed by atoms with E-state index in [1.165, 1.54) is 0 Å². The fourth-order valence-corrected chi connectivity index (χ4v) is 3.01. The summed E-state index contributed by atoms with van der Waals surface area (Å²) in [7, 11) is -3.07. The average molecular weight is 292 g/mol. The maximum Gasteiger partial charge on any atom is 0.335 e. The summed E-state index contributed by atoms with van der Waals surface area (Å²) in [5.74, 6) is 0. The largest absolute Gasteiger partial charge is 0.335 e. The van der Waals surface area contributed by atoms with Crippen LogP contribution in [0.2, 0.25) is 5.02 Å². The molecule has 2 rings (SSSR count). The molecular weight excluding hydrogens is 286 g/mol. The highest BCUT2D eigenvalue weighted by Gasteiger charge is 2.38. The van der Waals surface area contributed by atoms with Crippen LogP contribution in [0, 0.1) is 10.1 Å². The topological polar surface area (TPSA) is 110 Å². The Morgan fingerprint density at radius 1 is 1.44 bits per heavy atom. The van der Waals surface area contributed by atoms with Crippen molar-refractivity contribution >= 4 is 39.0 Å². The first-order chi connectivity index (χ1) is 8.25. The molecule has 1 aromatic carbocycles. The van der Waals surface area contributed by atoms with Gasteiger partial charge in [0.05, 0.1) is 4.92 Å². The Labute approximate surface area is 106 Å². The Balaban J connectivity index is 2.85. The number of carbonyl (C=O) groups is 1. The van der Waals surface area contributed by atoms with Gasteiger partial charge in [0.25, 0.3) is 15.7 Å². The van der Waals surface area contributed by atoms with E-state index in [9.17, 15) is 23.3 Å². The number of hydrogen-bond donors (Lipinski definition) is 1. The molecule has 0 fully saturated rings. The number of benzene rings is 1. The van der Waals surface area contributed by atoms with Crippen molar-refractivity contribution in [3.05, 3.63) is 27.3 Å². The highest BCUT2D eigenvalue weighted by Crippen LogP contribution is 2.38. The number of amides is 2. The summed E-state index contributed by atoms with van der Waals surface area (Å²) in [6.07, 6.45) is 0. The summed E-state index contributed by atoms with van der Waals surface area (Å²) < 4.78 is 24.3. The molecule has 0 saturated carbocycles. The van der Waals surface area contributed by atoms with E-state index in [0.717, 1.165) is 19.2 Å². The van der Waals surface area contributed by atoms with Gasteiger partial charge in [-0.15, -0.1) is 0 Å². The zero-order chi connectivity index (χ0) is 13.7. The van der Waals surface area contributed by atoms with Gasteiger partial charge in [-0.3, -0.25) is 15.4 Å². The van der Waals surface area contributed by atoms with Gasteiger partial charge in [0.15, 0.2) is 0 Å². The first kappa shape index (κ1) is 12.6. The third kappa shape index (κ3) is 1.68. The van der Waals surface area contributed by atoms with Gasteiger partial charge in [-0.2, -0.15) is 0 Å². The molecule has 0 aromatic heterocycles. The number of fused-ring (bicyclic) bond motifs is 1. The molecule has 0 bridgehead atoms. The van der Waals surface area contributed by atoms with Crippen LogP contribution in [0.25, 0.3) is 0 Å². The number of nitrogens with one attached hydrogen (secondary N) is 1. The molecule has 0 saturated heterocycles. The number of nitro groups is 1. The molecule has 1 aliphatic heterocycles. The molecule has 18 heavy (non-hydrogen) atoms. The highest BCUT2D eigenvalue weighted by molar-refractivity contribution is 7.90. The normalized spacial score (nSPS) is 17.0. The predicted molar refractivity (Wildman–Crippen MR) is 62.1 cm³/mol. The van der Waals surface area contributed by atoms with Crippen molar-refractivity contribution < 1.29 is 18.1 Å². The smallest absolute Gasteiger partial charge is 0.300 e. The lowest BCUT2D eigenvalue weighted by atomic mass is 10.2. The second kappa shape index (κ2) is 3.82. The van der Waals surface area contributed by atoms with Gasteiger partial charge in [0, 0.05) is 18.1 Å². The molecule has 0 atom stereocenters. The molecule has 0 aliphatic carbocycles. The second-order valence-corrected chi connectivity index (χ2v) is 5.83. The number of rotatable bonds is 1. The Bertz CT molecular complexity index is 672. The number of nitro benzene ring substituents is 1. The van der Waals surface area contributed by atoms with E-state index in [4.69, 9.17) is 11.6 Å². The van der Waals surface area contributed by atoms with Gasteiger partial charge in [0.2, 0.25) is 0 Å². The molecule has 1 aliphatic rings. The van der Waals surface area contributed by atoms with E-state index in [1.807, 2.05) is 0 Å². The van der Waals surface area contributed by atoms with Crippen molar-refractivity contribution in [2.45, 2.75) is 4.90 Å². The third-order valence-corrected chi connectivity index (χ3v) is 4.38.